The topological polar surface area (TPSA) is 17.3 Å². The molecule has 5 aromatic carbocycles. The van der Waals surface area contributed by atoms with Crippen molar-refractivity contribution in [2.45, 2.75) is 0 Å². The second-order valence-corrected chi connectivity index (χ2v) is 9.71. The number of hydrogen-bond donors (Lipinski definition) is 0. The monoisotopic (exact) mass is 520 g/mol. The molecule has 7 rings (SSSR count). The third kappa shape index (κ3) is 3.90. The summed E-state index contributed by atoms with van der Waals surface area (Å²) in [7, 11) is -2.76. The fourth-order valence-corrected chi connectivity index (χ4v) is 5.76. The van der Waals surface area contributed by atoms with Crippen LogP contribution in [0, 0.1) is 0 Å². The van der Waals surface area contributed by atoms with Crippen LogP contribution in [0.5, 0.6) is 0 Å². The van der Waals surface area contributed by atoms with E-state index in [0.29, 0.717) is 22.5 Å². The van der Waals surface area contributed by atoms with Crippen LogP contribution in [0.4, 0.5) is 8.63 Å². The lowest BCUT2D eigenvalue weighted by Gasteiger charge is -2.18. The molecule has 0 saturated carbocycles. The predicted molar refractivity (Wildman–Crippen MR) is 159 cm³/mol. The van der Waals surface area contributed by atoms with Gasteiger partial charge in [0.15, 0.2) is 0 Å². The Bertz CT molecular complexity index is 2010. The van der Waals surface area contributed by atoms with Gasteiger partial charge >= 0.3 is 7.40 Å². The minimum Gasteiger partial charge on any atom is -0.324 e. The number of hydrogen-bond acceptors (Lipinski definition) is 1. The standard InChI is InChI=1S/C35H23BF2N2/c37-36(38)40-30-23-13-11-21-28(30)32(25-16-6-2-7-17-25)35(40)33(26-18-8-3-9-19-26)34-31(24-14-4-1-5-15-24)27-20-10-12-22-29(27)39-34/h1-23H/b34-33-. The molecule has 2 nitrogen and oxygen atoms in total. The molecule has 2 heterocycles. The van der Waals surface area contributed by atoms with Gasteiger partial charge in [-0.3, -0.25) is 8.63 Å². The molecule has 0 spiro atoms. The van der Waals surface area contributed by atoms with E-state index in [1.807, 2.05) is 115 Å². The van der Waals surface area contributed by atoms with Gasteiger partial charge in [0.1, 0.15) is 0 Å². The van der Waals surface area contributed by atoms with Crippen LogP contribution >= 0.6 is 0 Å². The first kappa shape index (κ1) is 24.0. The van der Waals surface area contributed by atoms with Crippen molar-refractivity contribution >= 4 is 29.5 Å². The highest BCUT2D eigenvalue weighted by atomic mass is 19.2. The van der Waals surface area contributed by atoms with Gasteiger partial charge in [0.2, 0.25) is 0 Å². The number of halogens is 2. The zero-order valence-corrected chi connectivity index (χ0v) is 21.5. The van der Waals surface area contributed by atoms with E-state index >= 15 is 8.63 Å². The lowest BCUT2D eigenvalue weighted by Crippen LogP contribution is -2.22. The smallest absolute Gasteiger partial charge is 0.324 e. The van der Waals surface area contributed by atoms with E-state index in [2.05, 4.69) is 18.2 Å². The summed E-state index contributed by atoms with van der Waals surface area (Å²) in [5.74, 6) is 0. The summed E-state index contributed by atoms with van der Waals surface area (Å²) in [6.45, 7) is 0. The van der Waals surface area contributed by atoms with Crippen LogP contribution < -0.4 is 10.6 Å². The maximum atomic E-state index is 15.2. The minimum atomic E-state index is -2.76. The molecule has 1 aromatic heterocycles. The SMILES string of the molecule is FB(F)n1c(/C(=C2\N=c3ccccc3=C2c2ccccc2)c2ccccc2)c(-c2ccccc2)c2ccccc21. The van der Waals surface area contributed by atoms with Crippen LogP contribution in [0.15, 0.2) is 150 Å². The Kier molecular flexibility index (Phi) is 5.97. The van der Waals surface area contributed by atoms with Gasteiger partial charge in [-0.05, 0) is 28.8 Å². The van der Waals surface area contributed by atoms with Crippen molar-refractivity contribution in [2.75, 3.05) is 0 Å². The van der Waals surface area contributed by atoms with E-state index in [1.165, 1.54) is 4.48 Å². The van der Waals surface area contributed by atoms with E-state index in [4.69, 9.17) is 4.99 Å². The molecule has 1 aliphatic rings. The molecule has 0 amide bonds. The first-order valence-corrected chi connectivity index (χ1v) is 13.2. The van der Waals surface area contributed by atoms with Gasteiger partial charge in [0.25, 0.3) is 0 Å². The molecule has 0 aliphatic carbocycles. The third-order valence-electron chi connectivity index (χ3n) is 7.41. The molecule has 0 radical (unpaired) electrons. The molecule has 6 aromatic rings. The maximum absolute atomic E-state index is 15.2. The fourth-order valence-electron chi connectivity index (χ4n) is 5.76. The van der Waals surface area contributed by atoms with Crippen molar-refractivity contribution in [1.82, 2.24) is 4.48 Å². The van der Waals surface area contributed by atoms with Crippen LogP contribution in [0.2, 0.25) is 0 Å². The van der Waals surface area contributed by atoms with Crippen molar-refractivity contribution in [3.05, 3.63) is 173 Å². The quantitative estimate of drug-likeness (QED) is 0.211. The Balaban J connectivity index is 1.71. The molecule has 40 heavy (non-hydrogen) atoms. The van der Waals surface area contributed by atoms with Crippen LogP contribution in [-0.2, 0) is 0 Å². The van der Waals surface area contributed by atoms with E-state index < -0.39 is 7.40 Å². The summed E-state index contributed by atoms with van der Waals surface area (Å²) in [5, 5.41) is 2.58. The van der Waals surface area contributed by atoms with Crippen molar-refractivity contribution in [3.63, 3.8) is 0 Å². The number of nitrogens with zero attached hydrogens (tertiary/aromatic N) is 2. The Morgan fingerprint density at radius 1 is 0.600 bits per heavy atom. The lowest BCUT2D eigenvalue weighted by atomic mass is 9.89. The molecule has 190 valence electrons. The van der Waals surface area contributed by atoms with Crippen LogP contribution in [0.3, 0.4) is 0 Å². The predicted octanol–water partition coefficient (Wildman–Crippen LogP) is 7.37. The fraction of sp³-hybridized carbons (Fsp3) is 0. The highest BCUT2D eigenvalue weighted by Gasteiger charge is 2.33. The largest absolute Gasteiger partial charge is 0.678 e. The normalized spacial score (nSPS) is 13.7. The Morgan fingerprint density at radius 3 is 1.88 bits per heavy atom. The number of allylic oxidation sites excluding steroid dienone is 1. The minimum absolute atomic E-state index is 0.452. The van der Waals surface area contributed by atoms with Crippen molar-refractivity contribution in [2.24, 2.45) is 4.99 Å². The van der Waals surface area contributed by atoms with E-state index in [1.54, 1.807) is 6.07 Å². The first-order valence-electron chi connectivity index (χ1n) is 13.2. The zero-order valence-electron chi connectivity index (χ0n) is 21.5. The lowest BCUT2D eigenvalue weighted by molar-refractivity contribution is 0.633. The zero-order chi connectivity index (χ0) is 27.1. The molecule has 0 saturated heterocycles. The van der Waals surface area contributed by atoms with Gasteiger partial charge in [0, 0.05) is 32.8 Å². The van der Waals surface area contributed by atoms with Crippen molar-refractivity contribution in [1.29, 1.82) is 0 Å². The molecule has 0 unspecified atom stereocenters. The summed E-state index contributed by atoms with van der Waals surface area (Å²) in [5.41, 5.74) is 6.67. The second kappa shape index (κ2) is 9.94. The molecule has 5 heteroatoms. The second-order valence-electron chi connectivity index (χ2n) is 9.71. The van der Waals surface area contributed by atoms with Gasteiger partial charge in [-0.25, -0.2) is 4.99 Å². The van der Waals surface area contributed by atoms with E-state index in [-0.39, 0.29) is 0 Å². The average molecular weight is 520 g/mol. The summed E-state index contributed by atoms with van der Waals surface area (Å²) >= 11 is 0. The highest BCUT2D eigenvalue weighted by molar-refractivity contribution is 6.44. The molecule has 0 N–H and O–H groups in total. The number of aromatic nitrogens is 1. The molecule has 0 fully saturated rings. The van der Waals surface area contributed by atoms with Crippen LogP contribution in [-0.4, -0.2) is 11.9 Å². The van der Waals surface area contributed by atoms with Crippen molar-refractivity contribution in [3.8, 4) is 11.1 Å². The number of rotatable bonds is 5. The highest BCUT2D eigenvalue weighted by Crippen LogP contribution is 2.44. The van der Waals surface area contributed by atoms with Gasteiger partial charge in [0.05, 0.1) is 16.7 Å². The molecular weight excluding hydrogens is 497 g/mol. The Labute approximate surface area is 231 Å². The Morgan fingerprint density at radius 2 is 1.18 bits per heavy atom. The molecular formula is C35H23BF2N2. The van der Waals surface area contributed by atoms with Gasteiger partial charge in [-0.15, -0.1) is 0 Å². The summed E-state index contributed by atoms with van der Waals surface area (Å²) in [4.78, 5) is 5.15. The first-order chi connectivity index (χ1) is 19.7. The molecule has 0 bridgehead atoms. The summed E-state index contributed by atoms with van der Waals surface area (Å²) in [6, 6.07) is 45.0. The molecule has 1 aliphatic heterocycles. The summed E-state index contributed by atoms with van der Waals surface area (Å²) in [6.07, 6.45) is 0. The van der Waals surface area contributed by atoms with Gasteiger partial charge in [-0.2, -0.15) is 0 Å². The average Bonchev–Trinajstić information content (AvgIpc) is 3.55. The maximum Gasteiger partial charge on any atom is 0.678 e. The number of benzene rings is 5. The van der Waals surface area contributed by atoms with Gasteiger partial charge in [-0.1, -0.05) is 127 Å². The van der Waals surface area contributed by atoms with E-state index in [9.17, 15) is 0 Å². The Hall–Kier alpha value is -5.03. The summed E-state index contributed by atoms with van der Waals surface area (Å²) < 4.78 is 31.6. The third-order valence-corrected chi connectivity index (χ3v) is 7.41. The van der Waals surface area contributed by atoms with Crippen LogP contribution in [0.25, 0.3) is 33.2 Å². The number of fused-ring (bicyclic) bond motifs is 2. The van der Waals surface area contributed by atoms with E-state index in [0.717, 1.165) is 43.8 Å². The van der Waals surface area contributed by atoms with Gasteiger partial charge < -0.3 is 4.48 Å². The van der Waals surface area contributed by atoms with Crippen LogP contribution in [0.1, 0.15) is 16.8 Å². The van der Waals surface area contributed by atoms with Crippen molar-refractivity contribution < 1.29 is 8.63 Å². The number of para-hydroxylation sites is 2. The molecule has 0 atom stereocenters.